The van der Waals surface area contributed by atoms with E-state index in [2.05, 4.69) is 0 Å². The van der Waals surface area contributed by atoms with Gasteiger partial charge in [0, 0.05) is 0 Å². The molecule has 0 aliphatic carbocycles. The van der Waals surface area contributed by atoms with Gasteiger partial charge in [-0.1, -0.05) is 12.1 Å². The number of carbonyl (C=O) groups is 1. The smallest absolute Gasteiger partial charge is 0.310 e. The van der Waals surface area contributed by atoms with Gasteiger partial charge in [-0.2, -0.15) is 0 Å². The Morgan fingerprint density at radius 2 is 1.56 bits per heavy atom. The van der Waals surface area contributed by atoms with Crippen LogP contribution < -0.4 is 14.2 Å². The zero-order valence-electron chi connectivity index (χ0n) is 14.7. The van der Waals surface area contributed by atoms with Gasteiger partial charge < -0.3 is 18.9 Å². The Labute approximate surface area is 146 Å². The van der Waals surface area contributed by atoms with Crippen molar-refractivity contribution in [3.05, 3.63) is 53.3 Å². The van der Waals surface area contributed by atoms with Gasteiger partial charge in [0.25, 0.3) is 0 Å². The third-order valence-electron chi connectivity index (χ3n) is 3.72. The lowest BCUT2D eigenvalue weighted by Crippen LogP contribution is -2.12. The highest BCUT2D eigenvalue weighted by atomic mass is 19.1. The fraction of sp³-hybridized carbons (Fsp3) is 0.316. The lowest BCUT2D eigenvalue weighted by atomic mass is 10.1. The minimum absolute atomic E-state index is 0.0439. The van der Waals surface area contributed by atoms with Crippen molar-refractivity contribution < 1.29 is 28.1 Å². The molecule has 0 saturated heterocycles. The number of carbonyl (C=O) groups excluding carboxylic acids is 1. The quantitative estimate of drug-likeness (QED) is 0.714. The molecule has 0 amide bonds. The number of hydrogen-bond donors (Lipinski definition) is 0. The van der Waals surface area contributed by atoms with Crippen molar-refractivity contribution in [3.8, 4) is 17.2 Å². The van der Waals surface area contributed by atoms with E-state index in [1.807, 2.05) is 0 Å². The van der Waals surface area contributed by atoms with Crippen molar-refractivity contribution in [2.24, 2.45) is 0 Å². The number of halogens is 1. The van der Waals surface area contributed by atoms with Gasteiger partial charge in [0.2, 0.25) is 5.75 Å². The molecule has 0 spiro atoms. The van der Waals surface area contributed by atoms with Crippen LogP contribution in [0.3, 0.4) is 0 Å². The highest BCUT2D eigenvalue weighted by Crippen LogP contribution is 2.38. The summed E-state index contributed by atoms with van der Waals surface area (Å²) in [6.07, 6.45) is -0.433. The zero-order chi connectivity index (χ0) is 18.4. The fourth-order valence-corrected chi connectivity index (χ4v) is 2.44. The molecule has 6 heteroatoms. The first-order valence-electron chi connectivity index (χ1n) is 7.72. The Balaban J connectivity index is 2.10. The molecule has 2 aromatic rings. The number of hydrogen-bond acceptors (Lipinski definition) is 5. The average molecular weight is 348 g/mol. The normalized spacial score (nSPS) is 11.6. The van der Waals surface area contributed by atoms with Crippen molar-refractivity contribution in [3.63, 3.8) is 0 Å². The second-order valence-electron chi connectivity index (χ2n) is 5.39. The van der Waals surface area contributed by atoms with E-state index in [0.29, 0.717) is 22.8 Å². The molecule has 5 nitrogen and oxygen atoms in total. The number of rotatable bonds is 7. The molecule has 0 saturated carbocycles. The Morgan fingerprint density at radius 1 is 1.00 bits per heavy atom. The Hall–Kier alpha value is -2.76. The topological polar surface area (TPSA) is 54.0 Å². The van der Waals surface area contributed by atoms with Crippen LogP contribution in [0.15, 0.2) is 36.4 Å². The molecular weight excluding hydrogens is 327 g/mol. The summed E-state index contributed by atoms with van der Waals surface area (Å²) >= 11 is 0. The SMILES string of the molecule is COc1cc(CC(=O)OC(C)c2ccc(F)cc2)cc(OC)c1OC. The highest BCUT2D eigenvalue weighted by molar-refractivity contribution is 5.74. The van der Waals surface area contributed by atoms with Crippen molar-refractivity contribution in [2.75, 3.05) is 21.3 Å². The summed E-state index contributed by atoms with van der Waals surface area (Å²) in [7, 11) is 4.53. The van der Waals surface area contributed by atoms with Crippen LogP contribution in [0.4, 0.5) is 4.39 Å². The molecule has 1 atom stereocenters. The van der Waals surface area contributed by atoms with Gasteiger partial charge in [-0.3, -0.25) is 4.79 Å². The van der Waals surface area contributed by atoms with E-state index in [4.69, 9.17) is 18.9 Å². The van der Waals surface area contributed by atoms with Crippen LogP contribution in [0.5, 0.6) is 17.2 Å². The molecule has 0 aromatic heterocycles. The van der Waals surface area contributed by atoms with Crippen molar-refractivity contribution in [1.82, 2.24) is 0 Å². The minimum Gasteiger partial charge on any atom is -0.493 e. The number of methoxy groups -OCH3 is 3. The molecule has 2 aromatic carbocycles. The largest absolute Gasteiger partial charge is 0.493 e. The Bertz CT molecular complexity index is 702. The van der Waals surface area contributed by atoms with Gasteiger partial charge in [-0.25, -0.2) is 4.39 Å². The summed E-state index contributed by atoms with van der Waals surface area (Å²) in [5.74, 6) is 0.653. The molecule has 0 radical (unpaired) electrons. The summed E-state index contributed by atoms with van der Waals surface area (Å²) < 4.78 is 34.2. The predicted octanol–water partition coefficient (Wildman–Crippen LogP) is 3.70. The van der Waals surface area contributed by atoms with Gasteiger partial charge in [-0.15, -0.1) is 0 Å². The van der Waals surface area contributed by atoms with Crippen LogP contribution in [0.1, 0.15) is 24.2 Å². The summed E-state index contributed by atoms with van der Waals surface area (Å²) in [6, 6.07) is 9.24. The van der Waals surface area contributed by atoms with Crippen LogP contribution in [0.25, 0.3) is 0 Å². The molecule has 1 unspecified atom stereocenters. The maximum absolute atomic E-state index is 13.0. The van der Waals surface area contributed by atoms with Crippen molar-refractivity contribution in [2.45, 2.75) is 19.4 Å². The van der Waals surface area contributed by atoms with Gasteiger partial charge in [0.1, 0.15) is 11.9 Å². The third-order valence-corrected chi connectivity index (χ3v) is 3.72. The minimum atomic E-state index is -0.477. The molecule has 2 rings (SSSR count). The molecule has 0 heterocycles. The van der Waals surface area contributed by atoms with Crippen LogP contribution in [0.2, 0.25) is 0 Å². The third kappa shape index (κ3) is 4.62. The molecule has 0 aliphatic heterocycles. The van der Waals surface area contributed by atoms with E-state index in [-0.39, 0.29) is 12.2 Å². The molecule has 134 valence electrons. The molecule has 0 aliphatic rings. The number of esters is 1. The lowest BCUT2D eigenvalue weighted by Gasteiger charge is -2.16. The second-order valence-corrected chi connectivity index (χ2v) is 5.39. The van der Waals surface area contributed by atoms with Crippen LogP contribution in [-0.4, -0.2) is 27.3 Å². The summed E-state index contributed by atoms with van der Waals surface area (Å²) in [5.41, 5.74) is 1.39. The molecular formula is C19H21FO5. The lowest BCUT2D eigenvalue weighted by molar-refractivity contribution is -0.147. The molecule has 25 heavy (non-hydrogen) atoms. The van der Waals surface area contributed by atoms with E-state index >= 15 is 0 Å². The van der Waals surface area contributed by atoms with Crippen molar-refractivity contribution >= 4 is 5.97 Å². The van der Waals surface area contributed by atoms with E-state index in [9.17, 15) is 9.18 Å². The predicted molar refractivity (Wildman–Crippen MR) is 90.7 cm³/mol. The van der Waals surface area contributed by atoms with E-state index in [1.54, 1.807) is 31.2 Å². The van der Waals surface area contributed by atoms with Crippen molar-refractivity contribution in [1.29, 1.82) is 0 Å². The molecule has 0 bridgehead atoms. The van der Waals surface area contributed by atoms with E-state index < -0.39 is 12.1 Å². The van der Waals surface area contributed by atoms with Crippen LogP contribution in [0, 0.1) is 5.82 Å². The fourth-order valence-electron chi connectivity index (χ4n) is 2.44. The first kappa shape index (κ1) is 18.6. The van der Waals surface area contributed by atoms with Crippen LogP contribution >= 0.6 is 0 Å². The number of benzene rings is 2. The first-order chi connectivity index (χ1) is 12.0. The average Bonchev–Trinajstić information content (AvgIpc) is 2.61. The maximum atomic E-state index is 13.0. The monoisotopic (exact) mass is 348 g/mol. The molecule has 0 N–H and O–H groups in total. The zero-order valence-corrected chi connectivity index (χ0v) is 14.7. The van der Waals surface area contributed by atoms with Gasteiger partial charge in [-0.05, 0) is 42.3 Å². The first-order valence-corrected chi connectivity index (χ1v) is 7.72. The van der Waals surface area contributed by atoms with E-state index in [0.717, 1.165) is 5.56 Å². The van der Waals surface area contributed by atoms with Gasteiger partial charge in [0.05, 0.1) is 27.8 Å². The Morgan fingerprint density at radius 3 is 2.04 bits per heavy atom. The maximum Gasteiger partial charge on any atom is 0.310 e. The van der Waals surface area contributed by atoms with E-state index in [1.165, 1.54) is 33.5 Å². The van der Waals surface area contributed by atoms with Crippen LogP contribution in [-0.2, 0) is 16.0 Å². The van der Waals surface area contributed by atoms with Gasteiger partial charge in [0.15, 0.2) is 11.5 Å². The second kappa shape index (κ2) is 8.37. The summed E-state index contributed by atoms with van der Waals surface area (Å²) in [6.45, 7) is 1.74. The highest BCUT2D eigenvalue weighted by Gasteiger charge is 2.17. The summed E-state index contributed by atoms with van der Waals surface area (Å²) in [4.78, 5) is 12.2. The number of ether oxygens (including phenoxy) is 4. The summed E-state index contributed by atoms with van der Waals surface area (Å²) in [5, 5.41) is 0. The Kier molecular flexibility index (Phi) is 6.22. The molecule has 0 fully saturated rings. The van der Waals surface area contributed by atoms with Gasteiger partial charge >= 0.3 is 5.97 Å². The standard InChI is InChI=1S/C19H21FO5/c1-12(14-5-7-15(20)8-6-14)25-18(21)11-13-9-16(22-2)19(24-4)17(10-13)23-3/h5-10,12H,11H2,1-4H3.